The van der Waals surface area contributed by atoms with Crippen molar-refractivity contribution in [2.24, 2.45) is 12.0 Å². The van der Waals surface area contributed by atoms with Crippen molar-refractivity contribution in [2.45, 2.75) is 18.9 Å². The number of guanidine groups is 1. The fourth-order valence-electron chi connectivity index (χ4n) is 3.06. The predicted molar refractivity (Wildman–Crippen MR) is 112 cm³/mol. The molecule has 1 fully saturated rings. The number of nitrogens with one attached hydrogen (secondary N) is 1. The molecule has 1 saturated heterocycles. The first-order chi connectivity index (χ1) is 11.6. The highest BCUT2D eigenvalue weighted by Gasteiger charge is 2.26. The third-order valence-electron chi connectivity index (χ3n) is 4.34. The molecule has 0 radical (unpaired) electrons. The van der Waals surface area contributed by atoms with Gasteiger partial charge in [0.15, 0.2) is 5.96 Å². The lowest BCUT2D eigenvalue weighted by Crippen LogP contribution is -2.39. The summed E-state index contributed by atoms with van der Waals surface area (Å²) >= 11 is 3.46. The number of benzene rings is 1. The lowest BCUT2D eigenvalue weighted by Gasteiger charge is -2.22. The van der Waals surface area contributed by atoms with Crippen molar-refractivity contribution in [3.8, 4) is 0 Å². The Bertz CT molecular complexity index is 748. The monoisotopic (exact) mass is 521 g/mol. The zero-order chi connectivity index (χ0) is 17.1. The fourth-order valence-corrected chi connectivity index (χ4v) is 3.45. The third-order valence-corrected chi connectivity index (χ3v) is 5.11. The minimum absolute atomic E-state index is 0. The van der Waals surface area contributed by atoms with Gasteiger partial charge in [0, 0.05) is 50.3 Å². The van der Waals surface area contributed by atoms with Crippen LogP contribution in [-0.4, -0.2) is 40.8 Å². The Balaban J connectivity index is 0.00000225. The summed E-state index contributed by atoms with van der Waals surface area (Å²) in [5.74, 6) is 1.08. The minimum Gasteiger partial charge on any atom is -0.352 e. The molecule has 2 heterocycles. The van der Waals surface area contributed by atoms with Gasteiger partial charge in [-0.3, -0.25) is 9.67 Å². The Morgan fingerprint density at radius 2 is 2.28 bits per heavy atom. The van der Waals surface area contributed by atoms with Crippen molar-refractivity contribution in [3.05, 3.63) is 52.0 Å². The molecule has 5 nitrogen and oxygen atoms in total. The van der Waals surface area contributed by atoms with E-state index in [4.69, 9.17) is 0 Å². The molecule has 3 rings (SSSR count). The lowest BCUT2D eigenvalue weighted by molar-refractivity contribution is 0.485. The van der Waals surface area contributed by atoms with Gasteiger partial charge in [-0.15, -0.1) is 24.0 Å². The van der Waals surface area contributed by atoms with E-state index in [9.17, 15) is 4.39 Å². The second kappa shape index (κ2) is 8.98. The van der Waals surface area contributed by atoms with Crippen LogP contribution in [0.25, 0.3) is 0 Å². The molecule has 2 aromatic rings. The molecule has 1 unspecified atom stereocenters. The number of nitrogens with zero attached hydrogens (tertiary/aromatic N) is 4. The molecule has 0 bridgehead atoms. The van der Waals surface area contributed by atoms with Crippen molar-refractivity contribution in [1.82, 2.24) is 20.0 Å². The zero-order valence-corrected chi connectivity index (χ0v) is 18.2. The van der Waals surface area contributed by atoms with Crippen LogP contribution in [0.1, 0.15) is 23.5 Å². The number of rotatable bonds is 3. The van der Waals surface area contributed by atoms with Crippen LogP contribution in [0.3, 0.4) is 0 Å². The van der Waals surface area contributed by atoms with Gasteiger partial charge >= 0.3 is 0 Å². The molecule has 136 valence electrons. The van der Waals surface area contributed by atoms with Gasteiger partial charge in [0.25, 0.3) is 0 Å². The molecule has 1 aromatic carbocycles. The van der Waals surface area contributed by atoms with E-state index >= 15 is 0 Å². The lowest BCUT2D eigenvalue weighted by atomic mass is 10.0. The summed E-state index contributed by atoms with van der Waals surface area (Å²) in [7, 11) is 3.72. The maximum Gasteiger partial charge on any atom is 0.193 e. The van der Waals surface area contributed by atoms with Crippen molar-refractivity contribution in [2.75, 3.05) is 20.1 Å². The van der Waals surface area contributed by atoms with E-state index in [2.05, 4.69) is 42.4 Å². The van der Waals surface area contributed by atoms with Gasteiger partial charge in [-0.2, -0.15) is 5.10 Å². The molecule has 1 aliphatic rings. The molecule has 1 atom stereocenters. The summed E-state index contributed by atoms with van der Waals surface area (Å²) in [6.07, 6.45) is 5.10. The van der Waals surface area contributed by atoms with Gasteiger partial charge < -0.3 is 10.2 Å². The van der Waals surface area contributed by atoms with E-state index in [0.29, 0.717) is 12.5 Å². The van der Waals surface area contributed by atoms with Crippen molar-refractivity contribution in [1.29, 1.82) is 0 Å². The first-order valence-electron chi connectivity index (χ1n) is 7.95. The van der Waals surface area contributed by atoms with E-state index in [0.717, 1.165) is 35.5 Å². The van der Waals surface area contributed by atoms with E-state index in [-0.39, 0.29) is 29.8 Å². The topological polar surface area (TPSA) is 45.5 Å². The summed E-state index contributed by atoms with van der Waals surface area (Å²) < 4.78 is 16.1. The fraction of sp³-hybridized carbons (Fsp3) is 0.412. The quantitative estimate of drug-likeness (QED) is 0.382. The second-order valence-electron chi connectivity index (χ2n) is 6.02. The Labute approximate surface area is 172 Å². The van der Waals surface area contributed by atoms with Crippen LogP contribution in [0.4, 0.5) is 4.39 Å². The SMILES string of the molecule is CN=C(NCc1cc(F)ccc1Br)N1CCC(c2cnn(C)c2)C1.I. The molecule has 0 saturated carbocycles. The smallest absolute Gasteiger partial charge is 0.193 e. The summed E-state index contributed by atoms with van der Waals surface area (Å²) in [5.41, 5.74) is 2.14. The van der Waals surface area contributed by atoms with Crippen molar-refractivity contribution >= 4 is 45.9 Å². The predicted octanol–water partition coefficient (Wildman–Crippen LogP) is 3.50. The molecular formula is C17H22BrFIN5. The van der Waals surface area contributed by atoms with Crippen molar-refractivity contribution in [3.63, 3.8) is 0 Å². The number of halogens is 3. The number of aryl methyl sites for hydroxylation is 1. The summed E-state index contributed by atoms with van der Waals surface area (Å²) in [6.45, 7) is 2.39. The number of aliphatic imine (C=N–C) groups is 1. The highest BCUT2D eigenvalue weighted by molar-refractivity contribution is 14.0. The molecule has 0 amide bonds. The molecule has 8 heteroatoms. The van der Waals surface area contributed by atoms with Crippen LogP contribution >= 0.6 is 39.9 Å². The Morgan fingerprint density at radius 1 is 1.48 bits per heavy atom. The van der Waals surface area contributed by atoms with E-state index in [1.807, 2.05) is 17.9 Å². The van der Waals surface area contributed by atoms with E-state index < -0.39 is 0 Å². The Morgan fingerprint density at radius 3 is 2.96 bits per heavy atom. The highest BCUT2D eigenvalue weighted by atomic mass is 127. The first-order valence-corrected chi connectivity index (χ1v) is 8.74. The Hall–Kier alpha value is -1.16. The maximum atomic E-state index is 13.4. The van der Waals surface area contributed by atoms with Gasteiger partial charge in [0.05, 0.1) is 6.20 Å². The number of likely N-dealkylation sites (tertiary alicyclic amines) is 1. The second-order valence-corrected chi connectivity index (χ2v) is 6.87. The van der Waals surface area contributed by atoms with Crippen LogP contribution in [-0.2, 0) is 13.6 Å². The maximum absolute atomic E-state index is 13.4. The van der Waals surface area contributed by atoms with Gasteiger partial charge in [0.2, 0.25) is 0 Å². The van der Waals surface area contributed by atoms with Crippen molar-refractivity contribution < 1.29 is 4.39 Å². The third kappa shape index (κ3) is 4.93. The van der Waals surface area contributed by atoms with E-state index in [1.165, 1.54) is 17.7 Å². The highest BCUT2D eigenvalue weighted by Crippen LogP contribution is 2.26. The molecule has 1 aliphatic heterocycles. The average molecular weight is 522 g/mol. The number of aromatic nitrogens is 2. The van der Waals surface area contributed by atoms with Gasteiger partial charge in [-0.1, -0.05) is 15.9 Å². The largest absolute Gasteiger partial charge is 0.352 e. The molecule has 1 aromatic heterocycles. The zero-order valence-electron chi connectivity index (χ0n) is 14.2. The van der Waals surface area contributed by atoms with Crippen LogP contribution in [0, 0.1) is 5.82 Å². The molecule has 0 spiro atoms. The average Bonchev–Trinajstić information content (AvgIpc) is 3.20. The van der Waals surface area contributed by atoms with Crippen LogP contribution in [0.15, 0.2) is 40.1 Å². The van der Waals surface area contributed by atoms with E-state index in [1.54, 1.807) is 13.1 Å². The number of hydrogen-bond donors (Lipinski definition) is 1. The van der Waals surface area contributed by atoms with Crippen LogP contribution in [0.2, 0.25) is 0 Å². The summed E-state index contributed by atoms with van der Waals surface area (Å²) in [5, 5.41) is 7.59. The normalized spacial score (nSPS) is 17.5. The first kappa shape index (κ1) is 20.2. The summed E-state index contributed by atoms with van der Waals surface area (Å²) in [4.78, 5) is 6.61. The molecule has 0 aliphatic carbocycles. The molecule has 25 heavy (non-hydrogen) atoms. The van der Waals surface area contributed by atoms with Gasteiger partial charge in [-0.25, -0.2) is 4.39 Å². The van der Waals surface area contributed by atoms with Gasteiger partial charge in [-0.05, 0) is 35.7 Å². The van der Waals surface area contributed by atoms with Gasteiger partial charge in [0.1, 0.15) is 5.82 Å². The Kier molecular flexibility index (Phi) is 7.24. The minimum atomic E-state index is -0.234. The number of hydrogen-bond acceptors (Lipinski definition) is 2. The molecular weight excluding hydrogens is 500 g/mol. The molecule has 1 N–H and O–H groups in total. The standard InChI is InChI=1S/C17H21BrFN5.HI/c1-20-17(21-8-13-7-15(19)3-4-16(13)18)24-6-5-12(11-24)14-9-22-23(2)10-14;/h3-4,7,9-10,12H,5-6,8,11H2,1-2H3,(H,20,21);1H. The van der Waals surface area contributed by atoms with Crippen LogP contribution < -0.4 is 5.32 Å². The summed E-state index contributed by atoms with van der Waals surface area (Å²) in [6, 6.07) is 4.71. The van der Waals surface area contributed by atoms with Crippen LogP contribution in [0.5, 0.6) is 0 Å².